The summed E-state index contributed by atoms with van der Waals surface area (Å²) in [5.74, 6) is 0.755. The number of aromatic nitrogens is 5. The Morgan fingerprint density at radius 1 is 0.967 bits per heavy atom. The third-order valence-electron chi connectivity index (χ3n) is 5.52. The number of halogens is 2. The van der Waals surface area contributed by atoms with Crippen LogP contribution in [0.3, 0.4) is 0 Å². The standard InChI is InChI=1S/C18H22F2N8O2/c19-14(20)13-12(7-22-16(21)23-13)15-24-17(27-3-5-29-6-4-27)26-18(25-15)28-8-10-1-2-11(9-28)30-10/h7,10-11,14H,1-6,8-9H2,(H2,21,22,23)/t10-,11+. The van der Waals surface area contributed by atoms with Crippen molar-refractivity contribution in [1.29, 1.82) is 0 Å². The van der Waals surface area contributed by atoms with Gasteiger partial charge in [-0.25, -0.2) is 18.7 Å². The summed E-state index contributed by atoms with van der Waals surface area (Å²) in [7, 11) is 0. The van der Waals surface area contributed by atoms with Gasteiger partial charge in [0, 0.05) is 32.4 Å². The van der Waals surface area contributed by atoms with Gasteiger partial charge >= 0.3 is 0 Å². The van der Waals surface area contributed by atoms with Gasteiger partial charge in [-0.2, -0.15) is 15.0 Å². The average Bonchev–Trinajstić information content (AvgIpc) is 3.11. The van der Waals surface area contributed by atoms with Crippen LogP contribution in [-0.4, -0.2) is 76.5 Å². The van der Waals surface area contributed by atoms with Crippen molar-refractivity contribution < 1.29 is 18.3 Å². The van der Waals surface area contributed by atoms with Crippen LogP contribution < -0.4 is 15.5 Å². The maximum Gasteiger partial charge on any atom is 0.281 e. The molecule has 5 rings (SSSR count). The molecular weight excluding hydrogens is 398 g/mol. The lowest BCUT2D eigenvalue weighted by molar-refractivity contribution is 0.0299. The molecule has 0 amide bonds. The van der Waals surface area contributed by atoms with Crippen molar-refractivity contribution in [2.45, 2.75) is 31.5 Å². The van der Waals surface area contributed by atoms with Crippen molar-refractivity contribution in [3.05, 3.63) is 11.9 Å². The van der Waals surface area contributed by atoms with Crippen molar-refractivity contribution in [3.63, 3.8) is 0 Å². The van der Waals surface area contributed by atoms with E-state index < -0.39 is 12.1 Å². The molecule has 30 heavy (non-hydrogen) atoms. The number of rotatable bonds is 4. The van der Waals surface area contributed by atoms with E-state index in [-0.39, 0.29) is 29.5 Å². The molecule has 3 saturated heterocycles. The Labute approximate surface area is 171 Å². The fourth-order valence-corrected chi connectivity index (χ4v) is 4.05. The molecule has 2 N–H and O–H groups in total. The number of fused-ring (bicyclic) bond motifs is 2. The van der Waals surface area contributed by atoms with E-state index >= 15 is 0 Å². The van der Waals surface area contributed by atoms with Gasteiger partial charge in [0.05, 0.1) is 31.0 Å². The van der Waals surface area contributed by atoms with Crippen LogP contribution in [0.5, 0.6) is 0 Å². The summed E-state index contributed by atoms with van der Waals surface area (Å²) in [6.45, 7) is 3.62. The molecule has 2 bridgehead atoms. The van der Waals surface area contributed by atoms with E-state index in [0.717, 1.165) is 12.8 Å². The number of nitrogen functional groups attached to an aromatic ring is 1. The number of nitrogens with two attached hydrogens (primary N) is 1. The molecule has 2 aromatic heterocycles. The summed E-state index contributed by atoms with van der Waals surface area (Å²) in [6, 6.07) is 0. The van der Waals surface area contributed by atoms with Gasteiger partial charge in [-0.3, -0.25) is 0 Å². The number of alkyl halides is 2. The van der Waals surface area contributed by atoms with E-state index in [2.05, 4.69) is 24.9 Å². The van der Waals surface area contributed by atoms with E-state index in [1.54, 1.807) is 0 Å². The van der Waals surface area contributed by atoms with Gasteiger partial charge in [-0.1, -0.05) is 0 Å². The number of nitrogens with zero attached hydrogens (tertiary/aromatic N) is 7. The molecule has 160 valence electrons. The van der Waals surface area contributed by atoms with E-state index in [1.807, 2.05) is 9.80 Å². The molecule has 2 aromatic rings. The molecule has 3 fully saturated rings. The minimum absolute atomic E-state index is 0.0496. The highest BCUT2D eigenvalue weighted by atomic mass is 19.3. The van der Waals surface area contributed by atoms with Crippen LogP contribution >= 0.6 is 0 Å². The zero-order valence-electron chi connectivity index (χ0n) is 16.2. The minimum Gasteiger partial charge on any atom is -0.378 e. The highest BCUT2D eigenvalue weighted by Crippen LogP contribution is 2.32. The molecule has 10 nitrogen and oxygen atoms in total. The van der Waals surface area contributed by atoms with Crippen LogP contribution in [0, 0.1) is 0 Å². The number of anilines is 3. The van der Waals surface area contributed by atoms with Gasteiger partial charge < -0.3 is 25.0 Å². The summed E-state index contributed by atoms with van der Waals surface area (Å²) in [5.41, 5.74) is 5.08. The SMILES string of the molecule is Nc1ncc(-c2nc(N3CCOCC3)nc(N3C[C@H]4CC[C@@H](C3)O4)n2)c(C(F)F)n1. The van der Waals surface area contributed by atoms with Crippen molar-refractivity contribution in [2.24, 2.45) is 0 Å². The molecule has 0 aromatic carbocycles. The first kappa shape index (κ1) is 19.2. The number of morpholine rings is 2. The first-order valence-corrected chi connectivity index (χ1v) is 9.97. The molecule has 5 heterocycles. The largest absolute Gasteiger partial charge is 0.378 e. The molecule has 12 heteroatoms. The second kappa shape index (κ2) is 7.84. The molecule has 0 saturated carbocycles. The van der Waals surface area contributed by atoms with Gasteiger partial charge in [0.2, 0.25) is 17.8 Å². The van der Waals surface area contributed by atoms with Crippen LogP contribution in [0.4, 0.5) is 26.6 Å². The van der Waals surface area contributed by atoms with Gasteiger partial charge in [-0.15, -0.1) is 0 Å². The fraction of sp³-hybridized carbons (Fsp3) is 0.611. The summed E-state index contributed by atoms with van der Waals surface area (Å²) < 4.78 is 38.6. The molecule has 0 unspecified atom stereocenters. The van der Waals surface area contributed by atoms with E-state index in [9.17, 15) is 8.78 Å². The van der Waals surface area contributed by atoms with Gasteiger partial charge in [0.1, 0.15) is 5.69 Å². The molecule has 0 radical (unpaired) electrons. The number of ether oxygens (including phenoxy) is 2. The average molecular weight is 420 g/mol. The number of hydrogen-bond donors (Lipinski definition) is 1. The lowest BCUT2D eigenvalue weighted by Gasteiger charge is -2.33. The van der Waals surface area contributed by atoms with Crippen LogP contribution in [0.25, 0.3) is 11.4 Å². The van der Waals surface area contributed by atoms with Crippen LogP contribution in [0.1, 0.15) is 25.0 Å². The summed E-state index contributed by atoms with van der Waals surface area (Å²) in [5, 5.41) is 0. The molecule has 3 aliphatic heterocycles. The summed E-state index contributed by atoms with van der Waals surface area (Å²) in [4.78, 5) is 25.3. The number of hydrogen-bond acceptors (Lipinski definition) is 10. The summed E-state index contributed by atoms with van der Waals surface area (Å²) >= 11 is 0. The Morgan fingerprint density at radius 3 is 2.30 bits per heavy atom. The van der Waals surface area contributed by atoms with Crippen molar-refractivity contribution in [2.75, 3.05) is 54.9 Å². The highest BCUT2D eigenvalue weighted by Gasteiger charge is 2.35. The quantitative estimate of drug-likeness (QED) is 0.769. The molecule has 0 aliphatic carbocycles. The van der Waals surface area contributed by atoms with Crippen molar-refractivity contribution >= 4 is 17.8 Å². The van der Waals surface area contributed by atoms with Gasteiger partial charge in [-0.05, 0) is 12.8 Å². The highest BCUT2D eigenvalue weighted by molar-refractivity contribution is 5.61. The molecule has 3 aliphatic rings. The molecular formula is C18H22F2N8O2. The van der Waals surface area contributed by atoms with Gasteiger partial charge in [0.25, 0.3) is 6.43 Å². The lowest BCUT2D eigenvalue weighted by atomic mass is 10.2. The smallest absolute Gasteiger partial charge is 0.281 e. The Bertz CT molecular complexity index is 915. The predicted molar refractivity (Wildman–Crippen MR) is 103 cm³/mol. The maximum absolute atomic E-state index is 13.6. The van der Waals surface area contributed by atoms with Crippen LogP contribution in [0.2, 0.25) is 0 Å². The van der Waals surface area contributed by atoms with Crippen LogP contribution in [-0.2, 0) is 9.47 Å². The third kappa shape index (κ3) is 3.72. The second-order valence-corrected chi connectivity index (χ2v) is 7.55. The normalized spacial score (nSPS) is 24.0. The van der Waals surface area contributed by atoms with E-state index in [4.69, 9.17) is 15.2 Å². The van der Waals surface area contributed by atoms with Crippen molar-refractivity contribution in [1.82, 2.24) is 24.9 Å². The van der Waals surface area contributed by atoms with E-state index in [1.165, 1.54) is 6.20 Å². The first-order chi connectivity index (χ1) is 14.6. The lowest BCUT2D eigenvalue weighted by Crippen LogP contribution is -2.44. The maximum atomic E-state index is 13.6. The Kier molecular flexibility index (Phi) is 5.03. The zero-order chi connectivity index (χ0) is 20.7. The Balaban J connectivity index is 1.58. The van der Waals surface area contributed by atoms with E-state index in [0.29, 0.717) is 51.3 Å². The van der Waals surface area contributed by atoms with Gasteiger partial charge in [0.15, 0.2) is 5.82 Å². The fourth-order valence-electron chi connectivity index (χ4n) is 4.05. The Morgan fingerprint density at radius 2 is 1.63 bits per heavy atom. The molecule has 0 spiro atoms. The Hall–Kier alpha value is -2.73. The predicted octanol–water partition coefficient (Wildman–Crippen LogP) is 1.05. The zero-order valence-corrected chi connectivity index (χ0v) is 16.2. The minimum atomic E-state index is -2.84. The summed E-state index contributed by atoms with van der Waals surface area (Å²) in [6.07, 6.45) is 0.666. The third-order valence-corrected chi connectivity index (χ3v) is 5.52. The molecule has 2 atom stereocenters. The topological polar surface area (TPSA) is 115 Å². The monoisotopic (exact) mass is 420 g/mol. The second-order valence-electron chi connectivity index (χ2n) is 7.55. The first-order valence-electron chi connectivity index (χ1n) is 9.97. The van der Waals surface area contributed by atoms with Crippen LogP contribution in [0.15, 0.2) is 6.20 Å². The van der Waals surface area contributed by atoms with Crippen molar-refractivity contribution in [3.8, 4) is 11.4 Å².